The molecular formula is C15H19ClN2O3. The molecule has 1 aliphatic rings. The summed E-state index contributed by atoms with van der Waals surface area (Å²) in [6, 6.07) is 5.98. The molecule has 0 aromatic heterocycles. The lowest BCUT2D eigenvalue weighted by Crippen LogP contribution is -2.49. The van der Waals surface area contributed by atoms with Crippen LogP contribution in [0.3, 0.4) is 0 Å². The maximum absolute atomic E-state index is 11.9. The molecule has 1 aromatic carbocycles. The van der Waals surface area contributed by atoms with Gasteiger partial charge in [-0.05, 0) is 49.9 Å². The van der Waals surface area contributed by atoms with E-state index < -0.39 is 18.1 Å². The summed E-state index contributed by atoms with van der Waals surface area (Å²) in [7, 11) is 0. The molecule has 0 saturated heterocycles. The van der Waals surface area contributed by atoms with E-state index in [2.05, 4.69) is 5.32 Å². The van der Waals surface area contributed by atoms with Crippen molar-refractivity contribution in [1.82, 2.24) is 5.32 Å². The van der Waals surface area contributed by atoms with Crippen LogP contribution < -0.4 is 10.2 Å². The number of carbonyl (C=O) groups excluding carboxylic acids is 2. The van der Waals surface area contributed by atoms with Gasteiger partial charge in [0.25, 0.3) is 5.91 Å². The second kappa shape index (κ2) is 6.91. The highest BCUT2D eigenvalue weighted by Crippen LogP contribution is 2.27. The van der Waals surface area contributed by atoms with Crippen LogP contribution in [0.4, 0.5) is 5.69 Å². The molecule has 5 nitrogen and oxygen atoms in total. The summed E-state index contributed by atoms with van der Waals surface area (Å²) >= 11 is 5.81. The summed E-state index contributed by atoms with van der Waals surface area (Å²) in [6.07, 6.45) is 1.57. The van der Waals surface area contributed by atoms with Crippen LogP contribution in [0.5, 0.6) is 0 Å². The molecule has 2 atom stereocenters. The molecule has 0 heterocycles. The SMILES string of the molecule is CC(C(O)C(=O)NCC1CC1)N(C=O)c1ccc(Cl)cc1. The van der Waals surface area contributed by atoms with Gasteiger partial charge in [0, 0.05) is 17.3 Å². The van der Waals surface area contributed by atoms with Crippen molar-refractivity contribution in [1.29, 1.82) is 0 Å². The number of aliphatic hydroxyl groups is 1. The van der Waals surface area contributed by atoms with Crippen LogP contribution in [-0.2, 0) is 9.59 Å². The van der Waals surface area contributed by atoms with Crippen LogP contribution in [0.15, 0.2) is 24.3 Å². The molecule has 1 fully saturated rings. The Labute approximate surface area is 128 Å². The Morgan fingerprint density at radius 2 is 2.10 bits per heavy atom. The summed E-state index contributed by atoms with van der Waals surface area (Å²) in [5, 5.41) is 13.4. The van der Waals surface area contributed by atoms with Gasteiger partial charge >= 0.3 is 0 Å². The fourth-order valence-corrected chi connectivity index (χ4v) is 2.17. The van der Waals surface area contributed by atoms with Crippen molar-refractivity contribution >= 4 is 29.6 Å². The standard InChI is InChI=1S/C15H19ClN2O3/c1-10(14(20)15(21)17-8-11-2-3-11)18(9-19)13-6-4-12(16)5-7-13/h4-7,9-11,14,20H,2-3,8H2,1H3,(H,17,21). The lowest BCUT2D eigenvalue weighted by molar-refractivity contribution is -0.130. The number of halogens is 1. The minimum atomic E-state index is -1.27. The van der Waals surface area contributed by atoms with E-state index in [0.29, 0.717) is 29.6 Å². The van der Waals surface area contributed by atoms with E-state index in [1.165, 1.54) is 4.90 Å². The minimum Gasteiger partial charge on any atom is -0.381 e. The van der Waals surface area contributed by atoms with Crippen LogP contribution in [0, 0.1) is 5.92 Å². The van der Waals surface area contributed by atoms with Gasteiger partial charge in [-0.1, -0.05) is 11.6 Å². The third-order valence-electron chi connectivity index (χ3n) is 3.66. The van der Waals surface area contributed by atoms with Gasteiger partial charge in [0.05, 0.1) is 6.04 Å². The molecule has 0 spiro atoms. The number of carbonyl (C=O) groups is 2. The molecule has 2 amide bonds. The monoisotopic (exact) mass is 310 g/mol. The topological polar surface area (TPSA) is 69.6 Å². The second-order valence-electron chi connectivity index (χ2n) is 5.36. The molecule has 1 saturated carbocycles. The summed E-state index contributed by atoms with van der Waals surface area (Å²) in [5.74, 6) is 0.0881. The second-order valence-corrected chi connectivity index (χ2v) is 5.80. The van der Waals surface area contributed by atoms with Gasteiger partial charge in [-0.25, -0.2) is 0 Å². The summed E-state index contributed by atoms with van der Waals surface area (Å²) in [6.45, 7) is 2.22. The van der Waals surface area contributed by atoms with E-state index in [9.17, 15) is 14.7 Å². The van der Waals surface area contributed by atoms with Crippen molar-refractivity contribution in [2.45, 2.75) is 31.9 Å². The maximum Gasteiger partial charge on any atom is 0.251 e. The third-order valence-corrected chi connectivity index (χ3v) is 3.92. The molecule has 114 valence electrons. The summed E-state index contributed by atoms with van der Waals surface area (Å²) in [4.78, 5) is 24.5. The van der Waals surface area contributed by atoms with E-state index >= 15 is 0 Å². The molecule has 0 aliphatic heterocycles. The fourth-order valence-electron chi connectivity index (χ4n) is 2.05. The Morgan fingerprint density at radius 3 is 2.62 bits per heavy atom. The predicted octanol–water partition coefficient (Wildman–Crippen LogP) is 1.58. The highest BCUT2D eigenvalue weighted by Gasteiger charge is 2.29. The van der Waals surface area contributed by atoms with Gasteiger partial charge in [0.2, 0.25) is 6.41 Å². The van der Waals surface area contributed by atoms with E-state index in [0.717, 1.165) is 12.8 Å². The quantitative estimate of drug-likeness (QED) is 0.751. The molecule has 2 N–H and O–H groups in total. The number of aliphatic hydroxyl groups excluding tert-OH is 1. The van der Waals surface area contributed by atoms with Crippen LogP contribution >= 0.6 is 11.6 Å². The maximum atomic E-state index is 11.9. The first kappa shape index (κ1) is 15.8. The van der Waals surface area contributed by atoms with E-state index in [-0.39, 0.29) is 0 Å². The zero-order valence-electron chi connectivity index (χ0n) is 11.8. The minimum absolute atomic E-state index is 0.449. The number of hydrogen-bond acceptors (Lipinski definition) is 3. The Balaban J connectivity index is 2.00. The van der Waals surface area contributed by atoms with Crippen molar-refractivity contribution in [3.8, 4) is 0 Å². The summed E-state index contributed by atoms with van der Waals surface area (Å²) in [5.41, 5.74) is 0.580. The first-order valence-electron chi connectivity index (χ1n) is 6.98. The van der Waals surface area contributed by atoms with Gasteiger partial charge in [-0.2, -0.15) is 0 Å². The van der Waals surface area contributed by atoms with E-state index in [1.54, 1.807) is 31.2 Å². The van der Waals surface area contributed by atoms with Crippen molar-refractivity contribution in [2.24, 2.45) is 5.92 Å². The highest BCUT2D eigenvalue weighted by molar-refractivity contribution is 6.30. The Morgan fingerprint density at radius 1 is 1.48 bits per heavy atom. The van der Waals surface area contributed by atoms with E-state index in [1.807, 2.05) is 0 Å². The van der Waals surface area contributed by atoms with Crippen LogP contribution in [0.2, 0.25) is 5.02 Å². The number of nitrogens with one attached hydrogen (secondary N) is 1. The normalized spacial score (nSPS) is 16.9. The average molecular weight is 311 g/mol. The molecule has 2 rings (SSSR count). The van der Waals surface area contributed by atoms with Gasteiger partial charge < -0.3 is 15.3 Å². The molecular weight excluding hydrogens is 292 g/mol. The molecule has 1 aliphatic carbocycles. The Bertz CT molecular complexity index is 502. The van der Waals surface area contributed by atoms with Crippen molar-refractivity contribution in [3.63, 3.8) is 0 Å². The molecule has 21 heavy (non-hydrogen) atoms. The highest BCUT2D eigenvalue weighted by atomic mass is 35.5. The number of benzene rings is 1. The molecule has 6 heteroatoms. The third kappa shape index (κ3) is 4.19. The largest absolute Gasteiger partial charge is 0.381 e. The van der Waals surface area contributed by atoms with Crippen LogP contribution in [0.25, 0.3) is 0 Å². The lowest BCUT2D eigenvalue weighted by Gasteiger charge is -2.28. The smallest absolute Gasteiger partial charge is 0.251 e. The lowest BCUT2D eigenvalue weighted by atomic mass is 10.1. The number of rotatable bonds is 7. The zero-order valence-corrected chi connectivity index (χ0v) is 12.6. The number of anilines is 1. The Kier molecular flexibility index (Phi) is 5.20. The Hall–Kier alpha value is -1.59. The van der Waals surface area contributed by atoms with Crippen molar-refractivity contribution in [3.05, 3.63) is 29.3 Å². The molecule has 0 bridgehead atoms. The fraction of sp³-hybridized carbons (Fsp3) is 0.467. The zero-order chi connectivity index (χ0) is 15.4. The van der Waals surface area contributed by atoms with Gasteiger partial charge in [-0.3, -0.25) is 9.59 Å². The predicted molar refractivity (Wildman–Crippen MR) is 81.2 cm³/mol. The first-order valence-corrected chi connectivity index (χ1v) is 7.35. The van der Waals surface area contributed by atoms with Crippen molar-refractivity contribution in [2.75, 3.05) is 11.4 Å². The first-order chi connectivity index (χ1) is 10.0. The molecule has 2 unspecified atom stereocenters. The average Bonchev–Trinajstić information content (AvgIpc) is 3.30. The van der Waals surface area contributed by atoms with Gasteiger partial charge in [0.15, 0.2) is 6.10 Å². The number of nitrogens with zero attached hydrogens (tertiary/aromatic N) is 1. The van der Waals surface area contributed by atoms with Crippen LogP contribution in [0.1, 0.15) is 19.8 Å². The van der Waals surface area contributed by atoms with Crippen LogP contribution in [-0.4, -0.2) is 36.1 Å². The summed E-state index contributed by atoms with van der Waals surface area (Å²) < 4.78 is 0. The van der Waals surface area contributed by atoms with Crippen molar-refractivity contribution < 1.29 is 14.7 Å². The molecule has 0 radical (unpaired) electrons. The number of hydrogen-bond donors (Lipinski definition) is 2. The van der Waals surface area contributed by atoms with Gasteiger partial charge in [0.1, 0.15) is 0 Å². The van der Waals surface area contributed by atoms with Gasteiger partial charge in [-0.15, -0.1) is 0 Å². The molecule has 1 aromatic rings. The van der Waals surface area contributed by atoms with E-state index in [4.69, 9.17) is 11.6 Å². The number of amides is 2.